The second kappa shape index (κ2) is 7.61. The van der Waals surface area contributed by atoms with Crippen molar-refractivity contribution in [3.63, 3.8) is 0 Å². The summed E-state index contributed by atoms with van der Waals surface area (Å²) in [6.45, 7) is 20.0. The Labute approximate surface area is 214 Å². The van der Waals surface area contributed by atoms with Crippen LogP contribution in [0.5, 0.6) is 0 Å². The zero-order chi connectivity index (χ0) is 25.8. The Morgan fingerprint density at radius 2 is 1.63 bits per heavy atom. The van der Waals surface area contributed by atoms with E-state index in [1.807, 2.05) is 0 Å². The Morgan fingerprint density at radius 1 is 0.943 bits per heavy atom. The molecule has 3 heteroatoms. The quantitative estimate of drug-likeness (QED) is 0.402. The summed E-state index contributed by atoms with van der Waals surface area (Å²) in [6, 6.07) is 0. The van der Waals surface area contributed by atoms with Crippen molar-refractivity contribution in [1.82, 2.24) is 0 Å². The highest BCUT2D eigenvalue weighted by Crippen LogP contribution is 2.76. The third-order valence-electron chi connectivity index (χ3n) is 13.9. The van der Waals surface area contributed by atoms with Crippen molar-refractivity contribution in [3.05, 3.63) is 11.6 Å². The molecule has 0 amide bonds. The maximum absolute atomic E-state index is 13.1. The molecule has 198 valence electrons. The standard InChI is InChI=1S/C32H52O3/c1-20-12-14-29(6)23(28(20,4)5)13-15-30(7)24(29)11-10-21-22-18-27(2,3)16-17-32(22,26(33)34)25(35-9)19-31(21,30)8/h10,20,22-25H,11-19H2,1-9H3,(H,33,34)/t20-,22?,23-,24?,25?,29?,30-,31+,32+/m0/s1. The molecule has 4 fully saturated rings. The minimum atomic E-state index is -0.776. The number of fused-ring (bicyclic) bond motifs is 7. The van der Waals surface area contributed by atoms with Crippen LogP contribution < -0.4 is 0 Å². The number of ether oxygens (including phenoxy) is 1. The minimum absolute atomic E-state index is 0.00514. The molecule has 0 heterocycles. The van der Waals surface area contributed by atoms with Gasteiger partial charge >= 0.3 is 5.97 Å². The lowest BCUT2D eigenvalue weighted by Gasteiger charge is -2.72. The van der Waals surface area contributed by atoms with Gasteiger partial charge in [0.05, 0.1) is 6.10 Å². The van der Waals surface area contributed by atoms with Crippen molar-refractivity contribution in [1.29, 1.82) is 0 Å². The Bertz CT molecular complexity index is 931. The second-order valence-electron chi connectivity index (χ2n) is 15.8. The van der Waals surface area contributed by atoms with Crippen molar-refractivity contribution >= 4 is 5.97 Å². The molecule has 9 atom stereocenters. The molecule has 0 aliphatic heterocycles. The number of allylic oxidation sites excluding steroid dienone is 2. The number of carboxylic acids is 1. The highest BCUT2D eigenvalue weighted by atomic mass is 16.5. The number of carbonyl (C=O) groups is 1. The number of rotatable bonds is 2. The molecule has 0 radical (unpaired) electrons. The number of carboxylic acid groups (broad SMARTS) is 1. The van der Waals surface area contributed by atoms with Gasteiger partial charge in [-0.15, -0.1) is 0 Å². The molecule has 1 N–H and O–H groups in total. The van der Waals surface area contributed by atoms with Crippen LogP contribution in [0.25, 0.3) is 0 Å². The van der Waals surface area contributed by atoms with Crippen molar-refractivity contribution < 1.29 is 14.6 Å². The van der Waals surface area contributed by atoms with Crippen LogP contribution in [-0.4, -0.2) is 24.3 Å². The number of methoxy groups -OCH3 is 1. The topological polar surface area (TPSA) is 46.5 Å². The summed E-state index contributed by atoms with van der Waals surface area (Å²) < 4.78 is 6.20. The first kappa shape index (κ1) is 25.8. The van der Waals surface area contributed by atoms with E-state index in [-0.39, 0.29) is 28.3 Å². The number of hydrogen-bond acceptors (Lipinski definition) is 2. The van der Waals surface area contributed by atoms with Crippen LogP contribution in [0.15, 0.2) is 11.6 Å². The fourth-order valence-electron chi connectivity index (χ4n) is 11.2. The molecule has 4 saturated carbocycles. The van der Waals surface area contributed by atoms with E-state index in [9.17, 15) is 9.90 Å². The van der Waals surface area contributed by atoms with Gasteiger partial charge in [0.1, 0.15) is 5.41 Å². The van der Waals surface area contributed by atoms with Crippen LogP contribution in [-0.2, 0) is 9.53 Å². The van der Waals surface area contributed by atoms with E-state index >= 15 is 0 Å². The highest BCUT2D eigenvalue weighted by Gasteiger charge is 2.71. The fourth-order valence-corrected chi connectivity index (χ4v) is 11.2. The molecule has 0 aromatic carbocycles. The normalized spacial score (nSPS) is 52.3. The third-order valence-corrected chi connectivity index (χ3v) is 13.9. The van der Waals surface area contributed by atoms with Crippen LogP contribution in [0.4, 0.5) is 0 Å². The van der Waals surface area contributed by atoms with Crippen LogP contribution in [0.3, 0.4) is 0 Å². The van der Waals surface area contributed by atoms with Gasteiger partial charge in [0.2, 0.25) is 0 Å². The van der Waals surface area contributed by atoms with Crippen molar-refractivity contribution in [2.24, 2.45) is 56.2 Å². The summed E-state index contributed by atoms with van der Waals surface area (Å²) in [7, 11) is 1.77. The number of aliphatic carboxylic acids is 1. The van der Waals surface area contributed by atoms with Gasteiger partial charge in [0, 0.05) is 7.11 Å². The van der Waals surface area contributed by atoms with Crippen LogP contribution >= 0.6 is 0 Å². The van der Waals surface area contributed by atoms with Crippen LogP contribution in [0.1, 0.15) is 113 Å². The summed E-state index contributed by atoms with van der Waals surface area (Å²) in [6.07, 6.45) is 12.2. The summed E-state index contributed by atoms with van der Waals surface area (Å²) >= 11 is 0. The fraction of sp³-hybridized carbons (Fsp3) is 0.906. The van der Waals surface area contributed by atoms with E-state index in [0.29, 0.717) is 16.7 Å². The van der Waals surface area contributed by atoms with Gasteiger partial charge in [-0.25, -0.2) is 0 Å². The van der Waals surface area contributed by atoms with E-state index in [2.05, 4.69) is 61.5 Å². The van der Waals surface area contributed by atoms with E-state index < -0.39 is 11.4 Å². The monoisotopic (exact) mass is 484 g/mol. The molecule has 0 bridgehead atoms. The van der Waals surface area contributed by atoms with Gasteiger partial charge in [0.25, 0.3) is 0 Å². The Balaban J connectivity index is 1.64. The molecule has 5 rings (SSSR count). The van der Waals surface area contributed by atoms with Crippen molar-refractivity contribution in [3.8, 4) is 0 Å². The molecule has 0 saturated heterocycles. The average molecular weight is 485 g/mol. The highest BCUT2D eigenvalue weighted by molar-refractivity contribution is 5.77. The first-order valence-corrected chi connectivity index (χ1v) is 14.6. The zero-order valence-electron chi connectivity index (χ0n) is 24.1. The second-order valence-corrected chi connectivity index (χ2v) is 15.8. The number of hydrogen-bond donors (Lipinski definition) is 1. The SMILES string of the molecule is COC1C[C@]2(C)C(=CCC3C4(C)CC[C@H](C)C(C)(C)[C@@H]4CC[C@@]32C)C2CC(C)(C)CC[C@]12C(=O)O. The van der Waals surface area contributed by atoms with E-state index in [1.165, 1.54) is 31.3 Å². The van der Waals surface area contributed by atoms with Gasteiger partial charge < -0.3 is 9.84 Å². The van der Waals surface area contributed by atoms with Crippen LogP contribution in [0.2, 0.25) is 0 Å². The summed E-state index contributed by atoms with van der Waals surface area (Å²) in [5.74, 6) is 1.66. The Kier molecular flexibility index (Phi) is 5.61. The maximum atomic E-state index is 13.1. The predicted octanol–water partition coefficient (Wildman–Crippen LogP) is 8.13. The largest absolute Gasteiger partial charge is 0.481 e. The van der Waals surface area contributed by atoms with E-state index in [4.69, 9.17) is 4.74 Å². The minimum Gasteiger partial charge on any atom is -0.481 e. The Hall–Kier alpha value is -0.830. The molecule has 4 unspecified atom stereocenters. The van der Waals surface area contributed by atoms with Crippen molar-refractivity contribution in [2.75, 3.05) is 7.11 Å². The molecule has 5 aliphatic rings. The summed E-state index contributed by atoms with van der Waals surface area (Å²) in [5, 5.41) is 10.7. The predicted molar refractivity (Wildman–Crippen MR) is 142 cm³/mol. The smallest absolute Gasteiger partial charge is 0.312 e. The first-order valence-electron chi connectivity index (χ1n) is 14.6. The summed E-state index contributed by atoms with van der Waals surface area (Å²) in [4.78, 5) is 13.1. The lowest BCUT2D eigenvalue weighted by atomic mass is 9.33. The first-order chi connectivity index (χ1) is 16.1. The molecule has 3 nitrogen and oxygen atoms in total. The van der Waals surface area contributed by atoms with Gasteiger partial charge in [-0.2, -0.15) is 0 Å². The van der Waals surface area contributed by atoms with Gasteiger partial charge in [0.15, 0.2) is 0 Å². The molecule has 35 heavy (non-hydrogen) atoms. The molecule has 0 spiro atoms. The third kappa shape index (κ3) is 3.09. The van der Waals surface area contributed by atoms with E-state index in [0.717, 1.165) is 43.9 Å². The van der Waals surface area contributed by atoms with Gasteiger partial charge in [-0.3, -0.25) is 4.79 Å². The summed E-state index contributed by atoms with van der Waals surface area (Å²) in [5.41, 5.74) is 1.80. The zero-order valence-corrected chi connectivity index (χ0v) is 24.1. The van der Waals surface area contributed by atoms with E-state index in [1.54, 1.807) is 7.11 Å². The maximum Gasteiger partial charge on any atom is 0.312 e. The molecule has 5 aliphatic carbocycles. The molecular weight excluding hydrogens is 432 g/mol. The molecule has 0 aromatic heterocycles. The Morgan fingerprint density at radius 3 is 2.26 bits per heavy atom. The average Bonchev–Trinajstić information content (AvgIpc) is 2.76. The van der Waals surface area contributed by atoms with Gasteiger partial charge in [-0.05, 0) is 109 Å². The van der Waals surface area contributed by atoms with Crippen LogP contribution in [0, 0.1) is 56.2 Å². The molecule has 0 aromatic rings. The molecular formula is C32H52O3. The van der Waals surface area contributed by atoms with Gasteiger partial charge in [-0.1, -0.05) is 67.0 Å². The van der Waals surface area contributed by atoms with Crippen molar-refractivity contribution in [2.45, 2.75) is 119 Å². The lowest BCUT2D eigenvalue weighted by Crippen LogP contribution is -2.67. The lowest BCUT2D eigenvalue weighted by molar-refractivity contribution is -0.215.